The van der Waals surface area contributed by atoms with Crippen molar-refractivity contribution in [1.29, 1.82) is 0 Å². The molecule has 0 radical (unpaired) electrons. The molecule has 7 heteroatoms. The number of hydrogen-bond donors (Lipinski definition) is 2. The van der Waals surface area contributed by atoms with Crippen LogP contribution in [0.5, 0.6) is 0 Å². The third-order valence-electron chi connectivity index (χ3n) is 2.87. The second-order valence-corrected chi connectivity index (χ2v) is 5.09. The van der Waals surface area contributed by atoms with Crippen LogP contribution < -0.4 is 11.1 Å². The molecule has 0 atom stereocenters. The van der Waals surface area contributed by atoms with Crippen LogP contribution in [0.2, 0.25) is 0 Å². The van der Waals surface area contributed by atoms with Crippen molar-refractivity contribution in [2.24, 2.45) is 10.7 Å². The second kappa shape index (κ2) is 10.6. The van der Waals surface area contributed by atoms with Crippen LogP contribution in [0.15, 0.2) is 33.7 Å². The molecule has 0 bridgehead atoms. The van der Waals surface area contributed by atoms with Crippen LogP contribution in [-0.4, -0.2) is 42.9 Å². The lowest BCUT2D eigenvalue weighted by Crippen LogP contribution is -2.37. The number of carbonyl (C=O) groups excluding carboxylic acids is 1. The van der Waals surface area contributed by atoms with Crippen LogP contribution in [-0.2, 0) is 0 Å². The van der Waals surface area contributed by atoms with Gasteiger partial charge < -0.3 is 16.0 Å². The lowest BCUT2D eigenvalue weighted by molar-refractivity contribution is 0.0955. The van der Waals surface area contributed by atoms with Gasteiger partial charge in [0, 0.05) is 29.7 Å². The minimum Gasteiger partial charge on any atom is -0.370 e. The Labute approximate surface area is 144 Å². The monoisotopic (exact) mass is 420 g/mol. The minimum atomic E-state index is -0.103. The van der Waals surface area contributed by atoms with E-state index >= 15 is 0 Å². The number of rotatable bonds is 6. The van der Waals surface area contributed by atoms with Crippen molar-refractivity contribution < 1.29 is 4.79 Å². The average molecular weight is 422 g/mol. The molecular weight excluding hydrogens is 400 g/mol. The topological polar surface area (TPSA) is 70.7 Å². The Hall–Kier alpha value is -1.08. The molecule has 0 aliphatic rings. The first-order valence-electron chi connectivity index (χ1n) is 6.67. The average Bonchev–Trinajstić information content (AvgIpc) is 2.45. The quantitative estimate of drug-likeness (QED) is 0.421. The number of hydrogen-bond acceptors (Lipinski definition) is 2. The third-order valence-corrected chi connectivity index (χ3v) is 3.39. The molecule has 1 rings (SSSR count). The van der Waals surface area contributed by atoms with Crippen LogP contribution in [0.1, 0.15) is 24.2 Å². The molecule has 0 aliphatic heterocycles. The van der Waals surface area contributed by atoms with Gasteiger partial charge in [-0.05, 0) is 38.1 Å². The van der Waals surface area contributed by atoms with Gasteiger partial charge in [-0.1, -0.05) is 15.9 Å². The minimum absolute atomic E-state index is 0. The number of nitrogens with two attached hydrogens (primary N) is 1. The summed E-state index contributed by atoms with van der Waals surface area (Å²) >= 11 is 3.33. The van der Waals surface area contributed by atoms with Gasteiger partial charge in [-0.15, -0.1) is 17.0 Å². The van der Waals surface area contributed by atoms with Gasteiger partial charge in [0.2, 0.25) is 0 Å². The van der Waals surface area contributed by atoms with Crippen molar-refractivity contribution in [2.45, 2.75) is 13.8 Å². The molecule has 0 aromatic heterocycles. The van der Waals surface area contributed by atoms with E-state index in [1.54, 1.807) is 12.1 Å². The van der Waals surface area contributed by atoms with E-state index in [1.807, 2.05) is 30.9 Å². The molecule has 0 heterocycles. The smallest absolute Gasteiger partial charge is 0.251 e. The van der Waals surface area contributed by atoms with Crippen molar-refractivity contribution in [1.82, 2.24) is 10.2 Å². The van der Waals surface area contributed by atoms with Gasteiger partial charge >= 0.3 is 0 Å². The molecule has 0 aliphatic carbocycles. The molecule has 5 nitrogen and oxygen atoms in total. The number of nitrogens with one attached hydrogen (secondary N) is 1. The Bertz CT molecular complexity index is 459. The molecule has 3 N–H and O–H groups in total. The normalized spacial score (nSPS) is 10.7. The van der Waals surface area contributed by atoms with E-state index in [1.165, 1.54) is 0 Å². The van der Waals surface area contributed by atoms with E-state index in [2.05, 4.69) is 26.2 Å². The van der Waals surface area contributed by atoms with Gasteiger partial charge in [0.25, 0.3) is 5.91 Å². The summed E-state index contributed by atoms with van der Waals surface area (Å²) in [7, 11) is 0. The first-order chi connectivity index (χ1) is 9.58. The molecule has 0 saturated heterocycles. The number of amides is 1. The molecule has 0 unspecified atom stereocenters. The molecule has 0 spiro atoms. The van der Waals surface area contributed by atoms with E-state index in [9.17, 15) is 4.79 Å². The highest BCUT2D eigenvalue weighted by atomic mass is 79.9. The van der Waals surface area contributed by atoms with Gasteiger partial charge in [-0.25, -0.2) is 0 Å². The van der Waals surface area contributed by atoms with E-state index < -0.39 is 0 Å². The zero-order valence-electron chi connectivity index (χ0n) is 12.3. The third kappa shape index (κ3) is 6.95. The standard InChI is InChI=1S/C14H21BrN4O.BrH/c1-3-19(4-2)14(16)18-10-9-17-13(20)11-5-7-12(15)8-6-11;/h5-8H,3-4,9-10H2,1-2H3,(H2,16,18)(H,17,20);1H. The summed E-state index contributed by atoms with van der Waals surface area (Å²) < 4.78 is 0.950. The van der Waals surface area contributed by atoms with E-state index in [-0.39, 0.29) is 22.9 Å². The maximum Gasteiger partial charge on any atom is 0.251 e. The Balaban J connectivity index is 0.00000400. The van der Waals surface area contributed by atoms with E-state index in [0.717, 1.165) is 17.6 Å². The molecule has 1 amide bonds. The SMILES string of the molecule is Br.CCN(CC)C(N)=NCCNC(=O)c1ccc(Br)cc1. The zero-order chi connectivity index (χ0) is 15.0. The lowest BCUT2D eigenvalue weighted by atomic mass is 10.2. The van der Waals surface area contributed by atoms with Crippen LogP contribution in [0.3, 0.4) is 0 Å². The lowest BCUT2D eigenvalue weighted by Gasteiger charge is -2.19. The fraction of sp³-hybridized carbons (Fsp3) is 0.429. The van der Waals surface area contributed by atoms with Crippen LogP contribution in [0.25, 0.3) is 0 Å². The Morgan fingerprint density at radius 1 is 1.29 bits per heavy atom. The molecule has 0 saturated carbocycles. The highest BCUT2D eigenvalue weighted by Gasteiger charge is 2.04. The first kappa shape index (κ1) is 19.9. The summed E-state index contributed by atoms with van der Waals surface area (Å²) in [6, 6.07) is 7.22. The van der Waals surface area contributed by atoms with Gasteiger partial charge in [-0.3, -0.25) is 9.79 Å². The molecule has 118 valence electrons. The predicted molar refractivity (Wildman–Crippen MR) is 96.2 cm³/mol. The molecule has 0 fully saturated rings. The summed E-state index contributed by atoms with van der Waals surface area (Å²) in [4.78, 5) is 18.0. The number of halogens is 2. The predicted octanol–water partition coefficient (Wildman–Crippen LogP) is 2.41. The Morgan fingerprint density at radius 2 is 1.86 bits per heavy atom. The van der Waals surface area contributed by atoms with Crippen molar-refractivity contribution in [3.63, 3.8) is 0 Å². The maximum atomic E-state index is 11.8. The van der Waals surface area contributed by atoms with Crippen molar-refractivity contribution >= 4 is 44.8 Å². The summed E-state index contributed by atoms with van der Waals surface area (Å²) in [5.41, 5.74) is 6.47. The van der Waals surface area contributed by atoms with Crippen LogP contribution >= 0.6 is 32.9 Å². The number of carbonyl (C=O) groups is 1. The van der Waals surface area contributed by atoms with Gasteiger partial charge in [0.15, 0.2) is 5.96 Å². The summed E-state index contributed by atoms with van der Waals surface area (Å²) in [6.45, 7) is 6.66. The van der Waals surface area contributed by atoms with Crippen molar-refractivity contribution in [3.05, 3.63) is 34.3 Å². The van der Waals surface area contributed by atoms with Crippen molar-refractivity contribution in [2.75, 3.05) is 26.2 Å². The van der Waals surface area contributed by atoms with Crippen molar-refractivity contribution in [3.8, 4) is 0 Å². The van der Waals surface area contributed by atoms with E-state index in [0.29, 0.717) is 24.6 Å². The largest absolute Gasteiger partial charge is 0.370 e. The first-order valence-corrected chi connectivity index (χ1v) is 7.46. The Morgan fingerprint density at radius 3 is 2.38 bits per heavy atom. The summed E-state index contributed by atoms with van der Waals surface area (Å²) in [5, 5.41) is 2.81. The second-order valence-electron chi connectivity index (χ2n) is 4.18. The van der Waals surface area contributed by atoms with Gasteiger partial charge in [-0.2, -0.15) is 0 Å². The summed E-state index contributed by atoms with van der Waals surface area (Å²) in [6.07, 6.45) is 0. The van der Waals surface area contributed by atoms with Crippen LogP contribution in [0, 0.1) is 0 Å². The summed E-state index contributed by atoms with van der Waals surface area (Å²) in [5.74, 6) is 0.419. The van der Waals surface area contributed by atoms with Gasteiger partial charge in [0.1, 0.15) is 0 Å². The van der Waals surface area contributed by atoms with Gasteiger partial charge in [0.05, 0.1) is 6.54 Å². The van der Waals surface area contributed by atoms with E-state index in [4.69, 9.17) is 5.73 Å². The highest BCUT2D eigenvalue weighted by Crippen LogP contribution is 2.10. The zero-order valence-corrected chi connectivity index (χ0v) is 15.6. The molecule has 1 aromatic carbocycles. The fourth-order valence-corrected chi connectivity index (χ4v) is 1.96. The molecule has 21 heavy (non-hydrogen) atoms. The molecular formula is C14H22Br2N4O. The number of aliphatic imine (C=N–C) groups is 1. The Kier molecular flexibility index (Phi) is 10.1. The maximum absolute atomic E-state index is 11.8. The highest BCUT2D eigenvalue weighted by molar-refractivity contribution is 9.10. The fourth-order valence-electron chi connectivity index (χ4n) is 1.69. The number of benzene rings is 1. The van der Waals surface area contributed by atoms with Crippen LogP contribution in [0.4, 0.5) is 0 Å². The number of nitrogens with zero attached hydrogens (tertiary/aromatic N) is 2. The molecule has 1 aromatic rings. The number of guanidine groups is 1.